The van der Waals surface area contributed by atoms with E-state index in [1.807, 2.05) is 0 Å². The smallest absolute Gasteiger partial charge is 0.126 e. The van der Waals surface area contributed by atoms with Gasteiger partial charge < -0.3 is 9.52 Å². The summed E-state index contributed by atoms with van der Waals surface area (Å²) < 4.78 is 18.5. The molecule has 1 aromatic carbocycles. The normalized spacial score (nSPS) is 14.6. The lowest BCUT2D eigenvalue weighted by molar-refractivity contribution is 0.0561. The van der Waals surface area contributed by atoms with Gasteiger partial charge in [-0.3, -0.25) is 0 Å². The summed E-state index contributed by atoms with van der Waals surface area (Å²) in [5.74, 6) is -0.377. The summed E-state index contributed by atoms with van der Waals surface area (Å²) in [7, 11) is 0. The van der Waals surface area contributed by atoms with E-state index in [4.69, 9.17) is 16.0 Å². The molecule has 17 heavy (non-hydrogen) atoms. The van der Waals surface area contributed by atoms with Crippen molar-refractivity contribution in [2.75, 3.05) is 0 Å². The van der Waals surface area contributed by atoms with Crippen LogP contribution in [0.3, 0.4) is 0 Å². The van der Waals surface area contributed by atoms with E-state index < -0.39 is 5.60 Å². The molecule has 0 fully saturated rings. The van der Waals surface area contributed by atoms with Crippen molar-refractivity contribution in [3.63, 3.8) is 0 Å². The van der Waals surface area contributed by atoms with Gasteiger partial charge >= 0.3 is 0 Å². The third-order valence-electron chi connectivity index (χ3n) is 2.69. The van der Waals surface area contributed by atoms with Crippen molar-refractivity contribution in [1.82, 2.24) is 0 Å². The highest BCUT2D eigenvalue weighted by Crippen LogP contribution is 2.27. The molecule has 0 spiro atoms. The van der Waals surface area contributed by atoms with Gasteiger partial charge in [-0.2, -0.15) is 0 Å². The van der Waals surface area contributed by atoms with Crippen LogP contribution in [0.2, 0.25) is 5.02 Å². The van der Waals surface area contributed by atoms with Crippen LogP contribution < -0.4 is 0 Å². The molecule has 0 radical (unpaired) electrons. The van der Waals surface area contributed by atoms with Gasteiger partial charge in [-0.25, -0.2) is 4.39 Å². The molecule has 0 bridgehead atoms. The Labute approximate surface area is 104 Å². The lowest BCUT2D eigenvalue weighted by atomic mass is 9.91. The van der Waals surface area contributed by atoms with Crippen molar-refractivity contribution >= 4 is 11.6 Å². The van der Waals surface area contributed by atoms with Gasteiger partial charge in [0.2, 0.25) is 0 Å². The first-order valence-corrected chi connectivity index (χ1v) is 5.56. The van der Waals surface area contributed by atoms with Gasteiger partial charge in [-0.05, 0) is 36.8 Å². The van der Waals surface area contributed by atoms with E-state index in [1.165, 1.54) is 30.7 Å². The molecule has 1 N–H and O–H groups in total. The molecule has 90 valence electrons. The van der Waals surface area contributed by atoms with Crippen molar-refractivity contribution in [3.05, 3.63) is 58.8 Å². The Hall–Kier alpha value is -1.32. The second-order valence-electron chi connectivity index (χ2n) is 4.20. The Kier molecular flexibility index (Phi) is 3.22. The quantitative estimate of drug-likeness (QED) is 0.909. The molecular weight excluding hydrogens is 243 g/mol. The summed E-state index contributed by atoms with van der Waals surface area (Å²) in [5, 5.41) is 10.7. The molecule has 0 aliphatic carbocycles. The number of furan rings is 1. The number of rotatable bonds is 3. The molecule has 1 heterocycles. The van der Waals surface area contributed by atoms with E-state index in [9.17, 15) is 9.50 Å². The molecule has 0 aliphatic heterocycles. The topological polar surface area (TPSA) is 33.4 Å². The minimum Gasteiger partial charge on any atom is -0.472 e. The fraction of sp³-hybridized carbons (Fsp3) is 0.231. The summed E-state index contributed by atoms with van der Waals surface area (Å²) in [4.78, 5) is 0. The molecule has 2 rings (SSSR count). The van der Waals surface area contributed by atoms with Crippen LogP contribution in [0.25, 0.3) is 0 Å². The highest BCUT2D eigenvalue weighted by atomic mass is 35.5. The second kappa shape index (κ2) is 4.51. The maximum Gasteiger partial charge on any atom is 0.126 e. The average Bonchev–Trinajstić information content (AvgIpc) is 2.77. The first kappa shape index (κ1) is 12.1. The number of benzene rings is 1. The lowest BCUT2D eigenvalue weighted by Crippen LogP contribution is -2.24. The van der Waals surface area contributed by atoms with Crippen LogP contribution >= 0.6 is 11.6 Å². The summed E-state index contributed by atoms with van der Waals surface area (Å²) in [6.45, 7) is 1.61. The Balaban J connectivity index is 2.29. The van der Waals surface area contributed by atoms with Crippen LogP contribution in [0.5, 0.6) is 0 Å². The van der Waals surface area contributed by atoms with Gasteiger partial charge in [0.1, 0.15) is 5.82 Å². The molecule has 0 saturated carbocycles. The first-order chi connectivity index (χ1) is 7.99. The zero-order valence-corrected chi connectivity index (χ0v) is 10.0. The van der Waals surface area contributed by atoms with Gasteiger partial charge in [0, 0.05) is 17.0 Å². The molecule has 1 atom stereocenters. The Bertz CT molecular complexity index is 506. The zero-order valence-electron chi connectivity index (χ0n) is 9.28. The van der Waals surface area contributed by atoms with Crippen LogP contribution in [-0.4, -0.2) is 5.11 Å². The van der Waals surface area contributed by atoms with Gasteiger partial charge in [-0.1, -0.05) is 11.6 Å². The molecule has 1 aromatic heterocycles. The van der Waals surface area contributed by atoms with E-state index >= 15 is 0 Å². The van der Waals surface area contributed by atoms with Gasteiger partial charge in [0.15, 0.2) is 0 Å². The molecule has 0 aliphatic rings. The largest absolute Gasteiger partial charge is 0.472 e. The highest BCUT2D eigenvalue weighted by Gasteiger charge is 2.26. The first-order valence-electron chi connectivity index (χ1n) is 5.18. The van der Waals surface area contributed by atoms with E-state index in [0.717, 1.165) is 0 Å². The number of hydrogen-bond acceptors (Lipinski definition) is 2. The van der Waals surface area contributed by atoms with Crippen molar-refractivity contribution in [2.24, 2.45) is 0 Å². The predicted molar refractivity (Wildman–Crippen MR) is 63.4 cm³/mol. The zero-order chi connectivity index (χ0) is 12.5. The fourth-order valence-corrected chi connectivity index (χ4v) is 1.92. The molecule has 4 heteroatoms. The van der Waals surface area contributed by atoms with E-state index in [-0.39, 0.29) is 12.2 Å². The minimum absolute atomic E-state index is 0.138. The van der Waals surface area contributed by atoms with E-state index in [2.05, 4.69) is 0 Å². The van der Waals surface area contributed by atoms with Gasteiger partial charge in [0.25, 0.3) is 0 Å². The highest BCUT2D eigenvalue weighted by molar-refractivity contribution is 6.30. The van der Waals surface area contributed by atoms with Crippen molar-refractivity contribution < 1.29 is 13.9 Å². The standard InChI is InChI=1S/C13H12ClFO2/c1-13(16,10-4-5-17-8-10)7-9-6-11(14)2-3-12(9)15/h2-6,8,16H,7H2,1H3. The third-order valence-corrected chi connectivity index (χ3v) is 2.92. The van der Waals surface area contributed by atoms with Crippen molar-refractivity contribution in [3.8, 4) is 0 Å². The number of halogens is 2. The summed E-state index contributed by atoms with van der Waals surface area (Å²) in [5.41, 5.74) is -0.195. The van der Waals surface area contributed by atoms with Crippen molar-refractivity contribution in [2.45, 2.75) is 18.9 Å². The van der Waals surface area contributed by atoms with E-state index in [1.54, 1.807) is 13.0 Å². The predicted octanol–water partition coefficient (Wildman–Crippen LogP) is 3.52. The Morgan fingerprint density at radius 1 is 1.41 bits per heavy atom. The van der Waals surface area contributed by atoms with Crippen LogP contribution in [-0.2, 0) is 12.0 Å². The molecular formula is C13H12ClFO2. The second-order valence-corrected chi connectivity index (χ2v) is 4.63. The Morgan fingerprint density at radius 2 is 2.18 bits per heavy atom. The molecule has 2 aromatic rings. The molecule has 2 nitrogen and oxygen atoms in total. The maximum absolute atomic E-state index is 13.5. The lowest BCUT2D eigenvalue weighted by Gasteiger charge is -2.22. The molecule has 0 amide bonds. The SMILES string of the molecule is CC(O)(Cc1cc(Cl)ccc1F)c1ccoc1. The van der Waals surface area contributed by atoms with Crippen LogP contribution in [0.1, 0.15) is 18.1 Å². The average molecular weight is 255 g/mol. The maximum atomic E-state index is 13.5. The molecule has 1 unspecified atom stereocenters. The fourth-order valence-electron chi connectivity index (χ4n) is 1.72. The van der Waals surface area contributed by atoms with Gasteiger partial charge in [0.05, 0.1) is 18.1 Å². The monoisotopic (exact) mass is 254 g/mol. The minimum atomic E-state index is -1.18. The molecule has 0 saturated heterocycles. The number of aliphatic hydroxyl groups is 1. The summed E-state index contributed by atoms with van der Waals surface area (Å²) in [6.07, 6.45) is 3.06. The van der Waals surface area contributed by atoms with Crippen LogP contribution in [0.4, 0.5) is 4.39 Å². The van der Waals surface area contributed by atoms with Gasteiger partial charge in [-0.15, -0.1) is 0 Å². The van der Waals surface area contributed by atoms with E-state index in [0.29, 0.717) is 16.1 Å². The number of hydrogen-bond donors (Lipinski definition) is 1. The summed E-state index contributed by atoms with van der Waals surface area (Å²) in [6, 6.07) is 5.95. The Morgan fingerprint density at radius 3 is 2.82 bits per heavy atom. The van der Waals surface area contributed by atoms with Crippen molar-refractivity contribution in [1.29, 1.82) is 0 Å². The van der Waals surface area contributed by atoms with Crippen LogP contribution in [0.15, 0.2) is 41.2 Å². The van der Waals surface area contributed by atoms with Crippen LogP contribution in [0, 0.1) is 5.82 Å². The summed E-state index contributed by atoms with van der Waals surface area (Å²) >= 11 is 5.80. The third kappa shape index (κ3) is 2.68.